The summed E-state index contributed by atoms with van der Waals surface area (Å²) in [6, 6.07) is 5.08. The van der Waals surface area contributed by atoms with Crippen LogP contribution in [0.15, 0.2) is 30.6 Å². The SMILES string of the molecule is CCn1cc(CC(NN)c2ccc(C)c(F)c2)cn1. The van der Waals surface area contributed by atoms with E-state index in [1.54, 1.807) is 13.0 Å². The average Bonchev–Trinajstić information content (AvgIpc) is 2.87. The summed E-state index contributed by atoms with van der Waals surface area (Å²) in [5, 5.41) is 4.22. The molecule has 0 amide bonds. The first kappa shape index (κ1) is 13.7. The molecular weight excluding hydrogens is 243 g/mol. The lowest BCUT2D eigenvalue weighted by Crippen LogP contribution is -2.29. The maximum atomic E-state index is 13.6. The van der Waals surface area contributed by atoms with E-state index in [2.05, 4.69) is 10.5 Å². The number of benzene rings is 1. The third-order valence-corrected chi connectivity index (χ3v) is 3.25. The summed E-state index contributed by atoms with van der Waals surface area (Å²) < 4.78 is 15.4. The van der Waals surface area contributed by atoms with Crippen molar-refractivity contribution in [2.24, 2.45) is 5.84 Å². The van der Waals surface area contributed by atoms with Crippen LogP contribution in [0.25, 0.3) is 0 Å². The van der Waals surface area contributed by atoms with Crippen LogP contribution in [0.5, 0.6) is 0 Å². The van der Waals surface area contributed by atoms with Gasteiger partial charge in [0.2, 0.25) is 0 Å². The number of hydrogen-bond donors (Lipinski definition) is 2. The first-order chi connectivity index (χ1) is 9.13. The van der Waals surface area contributed by atoms with Gasteiger partial charge in [0, 0.05) is 12.7 Å². The lowest BCUT2D eigenvalue weighted by atomic mass is 10.00. The second-order valence-electron chi connectivity index (χ2n) is 4.64. The molecule has 0 aliphatic carbocycles. The van der Waals surface area contributed by atoms with E-state index in [9.17, 15) is 4.39 Å². The Hall–Kier alpha value is -1.72. The zero-order chi connectivity index (χ0) is 13.8. The van der Waals surface area contributed by atoms with Gasteiger partial charge in [-0.15, -0.1) is 0 Å². The molecule has 0 saturated heterocycles. The molecule has 5 heteroatoms. The Morgan fingerprint density at radius 3 is 2.84 bits per heavy atom. The molecule has 1 heterocycles. The van der Waals surface area contributed by atoms with Crippen LogP contribution in [0.4, 0.5) is 4.39 Å². The third-order valence-electron chi connectivity index (χ3n) is 3.25. The van der Waals surface area contributed by atoms with Gasteiger partial charge >= 0.3 is 0 Å². The van der Waals surface area contributed by atoms with Crippen LogP contribution in [-0.2, 0) is 13.0 Å². The molecule has 1 unspecified atom stereocenters. The Bertz CT molecular complexity index is 550. The highest BCUT2D eigenvalue weighted by atomic mass is 19.1. The fourth-order valence-electron chi connectivity index (χ4n) is 2.02. The summed E-state index contributed by atoms with van der Waals surface area (Å²) in [6.07, 6.45) is 4.48. The van der Waals surface area contributed by atoms with Crippen LogP contribution < -0.4 is 11.3 Å². The van der Waals surface area contributed by atoms with Crippen LogP contribution in [0, 0.1) is 12.7 Å². The fraction of sp³-hybridized carbons (Fsp3) is 0.357. The second-order valence-corrected chi connectivity index (χ2v) is 4.64. The van der Waals surface area contributed by atoms with E-state index in [4.69, 9.17) is 5.84 Å². The van der Waals surface area contributed by atoms with Crippen LogP contribution in [-0.4, -0.2) is 9.78 Å². The summed E-state index contributed by atoms with van der Waals surface area (Å²) in [5.41, 5.74) is 5.29. The summed E-state index contributed by atoms with van der Waals surface area (Å²) in [5.74, 6) is 5.37. The van der Waals surface area contributed by atoms with Gasteiger partial charge < -0.3 is 0 Å². The molecule has 1 atom stereocenters. The molecule has 1 aromatic heterocycles. The Morgan fingerprint density at radius 2 is 2.26 bits per heavy atom. The van der Waals surface area contributed by atoms with Gasteiger partial charge in [0.1, 0.15) is 5.82 Å². The van der Waals surface area contributed by atoms with Gasteiger partial charge in [-0.1, -0.05) is 12.1 Å². The van der Waals surface area contributed by atoms with Crippen molar-refractivity contribution in [2.75, 3.05) is 0 Å². The molecule has 19 heavy (non-hydrogen) atoms. The highest BCUT2D eigenvalue weighted by Gasteiger charge is 2.13. The minimum Gasteiger partial charge on any atom is -0.273 e. The predicted octanol–water partition coefficient (Wildman–Crippen LogP) is 2.10. The molecule has 0 spiro atoms. The van der Waals surface area contributed by atoms with Gasteiger partial charge in [0.05, 0.1) is 12.2 Å². The third kappa shape index (κ3) is 3.19. The van der Waals surface area contributed by atoms with Crippen molar-refractivity contribution >= 4 is 0 Å². The number of nitrogens with two attached hydrogens (primary N) is 1. The highest BCUT2D eigenvalue weighted by Crippen LogP contribution is 2.20. The summed E-state index contributed by atoms with van der Waals surface area (Å²) in [7, 11) is 0. The molecule has 0 aliphatic heterocycles. The van der Waals surface area contributed by atoms with Crippen molar-refractivity contribution in [2.45, 2.75) is 32.9 Å². The minimum absolute atomic E-state index is 0.121. The van der Waals surface area contributed by atoms with Gasteiger partial charge in [0.15, 0.2) is 0 Å². The standard InChI is InChI=1S/C14H19FN4/c1-3-19-9-11(8-17-19)6-14(18-16)12-5-4-10(2)13(15)7-12/h4-5,7-9,14,18H,3,6,16H2,1-2H3. The zero-order valence-electron chi connectivity index (χ0n) is 11.2. The monoisotopic (exact) mass is 262 g/mol. The van der Waals surface area contributed by atoms with Crippen LogP contribution in [0.2, 0.25) is 0 Å². The number of aromatic nitrogens is 2. The largest absolute Gasteiger partial charge is 0.273 e. The lowest BCUT2D eigenvalue weighted by molar-refractivity contribution is 0.542. The Balaban J connectivity index is 2.17. The number of hydrazine groups is 1. The van der Waals surface area contributed by atoms with Crippen molar-refractivity contribution in [3.8, 4) is 0 Å². The molecule has 2 rings (SSSR count). The summed E-state index contributed by atoms with van der Waals surface area (Å²) in [6.45, 7) is 4.61. The van der Waals surface area contributed by atoms with Crippen molar-refractivity contribution in [1.29, 1.82) is 0 Å². The molecular formula is C14H19FN4. The first-order valence-corrected chi connectivity index (χ1v) is 6.37. The maximum Gasteiger partial charge on any atom is 0.126 e. The van der Waals surface area contributed by atoms with Gasteiger partial charge in [-0.3, -0.25) is 16.0 Å². The van der Waals surface area contributed by atoms with E-state index in [0.717, 1.165) is 17.7 Å². The van der Waals surface area contributed by atoms with Crippen LogP contribution in [0.3, 0.4) is 0 Å². The molecule has 102 valence electrons. The highest BCUT2D eigenvalue weighted by molar-refractivity contribution is 5.27. The number of hydrogen-bond acceptors (Lipinski definition) is 3. The quantitative estimate of drug-likeness (QED) is 0.641. The van der Waals surface area contributed by atoms with E-state index < -0.39 is 0 Å². The molecule has 4 nitrogen and oxygen atoms in total. The Labute approximate surface area is 112 Å². The molecule has 0 aliphatic rings. The van der Waals surface area contributed by atoms with Crippen molar-refractivity contribution < 1.29 is 4.39 Å². The van der Waals surface area contributed by atoms with Gasteiger partial charge in [-0.2, -0.15) is 5.10 Å². The van der Waals surface area contributed by atoms with E-state index in [-0.39, 0.29) is 11.9 Å². The number of nitrogens with zero attached hydrogens (tertiary/aromatic N) is 2. The van der Waals surface area contributed by atoms with Gasteiger partial charge in [-0.25, -0.2) is 4.39 Å². The van der Waals surface area contributed by atoms with Crippen molar-refractivity contribution in [3.05, 3.63) is 53.1 Å². The Morgan fingerprint density at radius 1 is 1.47 bits per heavy atom. The molecule has 0 fully saturated rings. The van der Waals surface area contributed by atoms with E-state index >= 15 is 0 Å². The number of halogens is 1. The smallest absolute Gasteiger partial charge is 0.126 e. The molecule has 3 N–H and O–H groups in total. The zero-order valence-corrected chi connectivity index (χ0v) is 11.2. The lowest BCUT2D eigenvalue weighted by Gasteiger charge is -2.16. The number of nitrogens with one attached hydrogen (secondary N) is 1. The van der Waals surface area contributed by atoms with E-state index in [0.29, 0.717) is 12.0 Å². The summed E-state index contributed by atoms with van der Waals surface area (Å²) in [4.78, 5) is 0. The first-order valence-electron chi connectivity index (χ1n) is 6.37. The molecule has 0 bridgehead atoms. The van der Waals surface area contributed by atoms with E-state index in [1.807, 2.05) is 30.1 Å². The number of rotatable bonds is 5. The molecule has 1 aromatic carbocycles. The predicted molar refractivity (Wildman–Crippen MR) is 72.8 cm³/mol. The average molecular weight is 262 g/mol. The normalized spacial score (nSPS) is 12.6. The minimum atomic E-state index is -0.206. The Kier molecular flexibility index (Phi) is 4.29. The molecule has 2 aromatic rings. The molecule has 0 radical (unpaired) electrons. The van der Waals surface area contributed by atoms with Crippen LogP contribution >= 0.6 is 0 Å². The molecule has 0 saturated carbocycles. The fourth-order valence-corrected chi connectivity index (χ4v) is 2.02. The topological polar surface area (TPSA) is 55.9 Å². The second kappa shape index (κ2) is 5.95. The number of aryl methyl sites for hydroxylation is 2. The maximum absolute atomic E-state index is 13.6. The summed E-state index contributed by atoms with van der Waals surface area (Å²) >= 11 is 0. The van der Waals surface area contributed by atoms with Crippen molar-refractivity contribution in [3.63, 3.8) is 0 Å². The van der Waals surface area contributed by atoms with Crippen LogP contribution in [0.1, 0.15) is 29.7 Å². The van der Waals surface area contributed by atoms with E-state index in [1.165, 1.54) is 6.07 Å². The van der Waals surface area contributed by atoms with Gasteiger partial charge in [-0.05, 0) is 43.0 Å². The van der Waals surface area contributed by atoms with Crippen molar-refractivity contribution in [1.82, 2.24) is 15.2 Å². The van der Waals surface area contributed by atoms with Gasteiger partial charge in [0.25, 0.3) is 0 Å².